The van der Waals surface area contributed by atoms with E-state index in [0.29, 0.717) is 22.2 Å². The van der Waals surface area contributed by atoms with Crippen LogP contribution in [0.25, 0.3) is 10.9 Å². The molecule has 23 heavy (non-hydrogen) atoms. The Morgan fingerprint density at radius 1 is 1.22 bits per heavy atom. The number of hydrogen-bond donors (Lipinski definition) is 2. The molecular formula is C17H15ClN2O2S. The summed E-state index contributed by atoms with van der Waals surface area (Å²) in [7, 11) is -0.975. The van der Waals surface area contributed by atoms with Gasteiger partial charge in [-0.1, -0.05) is 35.9 Å². The summed E-state index contributed by atoms with van der Waals surface area (Å²) in [5.74, 6) is 0.158. The lowest BCUT2D eigenvalue weighted by Crippen LogP contribution is -2.14. The van der Waals surface area contributed by atoms with Crippen LogP contribution in [0.3, 0.4) is 0 Å². The molecule has 1 atom stereocenters. The number of hydrogen-bond acceptors (Lipinski definition) is 2. The largest absolute Gasteiger partial charge is 0.350 e. The molecule has 1 heterocycles. The SMILES string of the molecule is C[S@](=O)Cc1ccccc1NC(=O)c1cc2ccc(Cl)cc2[nH]1. The lowest BCUT2D eigenvalue weighted by Gasteiger charge is -2.09. The number of benzene rings is 2. The van der Waals surface area contributed by atoms with Crippen molar-refractivity contribution in [3.8, 4) is 0 Å². The standard InChI is InChI=1S/C17H15ClN2O2S/c1-23(22)10-12-4-2-3-5-14(12)20-17(21)16-8-11-6-7-13(18)9-15(11)19-16/h2-9,19H,10H2,1H3,(H,20,21)/t23-/m0/s1. The van der Waals surface area contributed by atoms with Crippen molar-refractivity contribution in [1.82, 2.24) is 4.98 Å². The van der Waals surface area contributed by atoms with E-state index in [0.717, 1.165) is 16.5 Å². The molecule has 3 rings (SSSR count). The lowest BCUT2D eigenvalue weighted by atomic mass is 10.2. The van der Waals surface area contributed by atoms with Crippen molar-refractivity contribution in [2.75, 3.05) is 11.6 Å². The van der Waals surface area contributed by atoms with E-state index in [9.17, 15) is 9.00 Å². The Labute approximate surface area is 141 Å². The van der Waals surface area contributed by atoms with E-state index in [-0.39, 0.29) is 5.91 Å². The van der Waals surface area contributed by atoms with Crippen LogP contribution in [0, 0.1) is 0 Å². The van der Waals surface area contributed by atoms with Gasteiger partial charge in [0.05, 0.1) is 5.75 Å². The first-order valence-corrected chi connectivity index (χ1v) is 9.11. The zero-order chi connectivity index (χ0) is 16.4. The predicted octanol–water partition coefficient (Wildman–Crippen LogP) is 3.95. The number of aromatic nitrogens is 1. The summed E-state index contributed by atoms with van der Waals surface area (Å²) in [6.07, 6.45) is 1.64. The molecule has 0 saturated carbocycles. The smallest absolute Gasteiger partial charge is 0.272 e. The molecule has 0 bridgehead atoms. The van der Waals surface area contributed by atoms with Crippen LogP contribution in [0.2, 0.25) is 5.02 Å². The van der Waals surface area contributed by atoms with Gasteiger partial charge in [-0.2, -0.15) is 0 Å². The Balaban J connectivity index is 1.87. The average Bonchev–Trinajstić information content (AvgIpc) is 2.92. The van der Waals surface area contributed by atoms with Gasteiger partial charge < -0.3 is 10.3 Å². The van der Waals surface area contributed by atoms with Gasteiger partial charge in [-0.15, -0.1) is 0 Å². The summed E-state index contributed by atoms with van der Waals surface area (Å²) in [4.78, 5) is 15.5. The molecule has 1 aromatic heterocycles. The highest BCUT2D eigenvalue weighted by atomic mass is 35.5. The molecule has 0 saturated heterocycles. The Morgan fingerprint density at radius 2 is 2.00 bits per heavy atom. The van der Waals surface area contributed by atoms with Crippen molar-refractivity contribution in [2.24, 2.45) is 0 Å². The van der Waals surface area contributed by atoms with Crippen LogP contribution in [0.15, 0.2) is 48.5 Å². The predicted molar refractivity (Wildman–Crippen MR) is 95.5 cm³/mol. The van der Waals surface area contributed by atoms with Crippen molar-refractivity contribution in [3.63, 3.8) is 0 Å². The zero-order valence-corrected chi connectivity index (χ0v) is 14.0. The van der Waals surface area contributed by atoms with Crippen molar-refractivity contribution in [1.29, 1.82) is 0 Å². The topological polar surface area (TPSA) is 62.0 Å². The fourth-order valence-electron chi connectivity index (χ4n) is 2.40. The summed E-state index contributed by atoms with van der Waals surface area (Å²) in [6.45, 7) is 0. The van der Waals surface area contributed by atoms with Gasteiger partial charge >= 0.3 is 0 Å². The van der Waals surface area contributed by atoms with Crippen LogP contribution in [0.1, 0.15) is 16.1 Å². The van der Waals surface area contributed by atoms with Crippen molar-refractivity contribution >= 4 is 44.9 Å². The number of para-hydroxylation sites is 1. The maximum atomic E-state index is 12.5. The third kappa shape index (κ3) is 3.63. The fraction of sp³-hybridized carbons (Fsp3) is 0.118. The number of anilines is 1. The number of rotatable bonds is 4. The molecule has 0 fully saturated rings. The van der Waals surface area contributed by atoms with Crippen LogP contribution >= 0.6 is 11.6 Å². The summed E-state index contributed by atoms with van der Waals surface area (Å²) >= 11 is 5.96. The quantitative estimate of drug-likeness (QED) is 0.751. The van der Waals surface area contributed by atoms with E-state index in [4.69, 9.17) is 11.6 Å². The molecule has 0 aliphatic heterocycles. The third-order valence-corrected chi connectivity index (χ3v) is 4.41. The maximum absolute atomic E-state index is 12.5. The van der Waals surface area contributed by atoms with Gasteiger partial charge in [-0.3, -0.25) is 9.00 Å². The molecule has 2 N–H and O–H groups in total. The maximum Gasteiger partial charge on any atom is 0.272 e. The van der Waals surface area contributed by atoms with Crippen LogP contribution in [-0.2, 0) is 16.6 Å². The van der Waals surface area contributed by atoms with Gasteiger partial charge in [0.1, 0.15) is 5.69 Å². The minimum absolute atomic E-state index is 0.244. The fourth-order valence-corrected chi connectivity index (χ4v) is 3.26. The van der Waals surface area contributed by atoms with Crippen molar-refractivity contribution in [2.45, 2.75) is 5.75 Å². The molecule has 4 nitrogen and oxygen atoms in total. The van der Waals surface area contributed by atoms with Crippen LogP contribution < -0.4 is 5.32 Å². The number of carbonyl (C=O) groups excluding carboxylic acids is 1. The number of nitrogens with one attached hydrogen (secondary N) is 2. The first-order valence-electron chi connectivity index (χ1n) is 7.00. The molecule has 118 valence electrons. The number of carbonyl (C=O) groups is 1. The van der Waals surface area contributed by atoms with E-state index in [1.807, 2.05) is 24.3 Å². The number of aromatic amines is 1. The van der Waals surface area contributed by atoms with Gasteiger partial charge in [0.2, 0.25) is 0 Å². The second-order valence-corrected chi connectivity index (χ2v) is 7.11. The molecular weight excluding hydrogens is 332 g/mol. The Morgan fingerprint density at radius 3 is 2.78 bits per heavy atom. The van der Waals surface area contributed by atoms with Gasteiger partial charge in [0.15, 0.2) is 0 Å². The molecule has 0 aliphatic rings. The summed E-state index contributed by atoms with van der Waals surface area (Å²) in [5, 5.41) is 4.40. The van der Waals surface area contributed by atoms with E-state index < -0.39 is 10.8 Å². The second-order valence-electron chi connectivity index (χ2n) is 5.24. The highest BCUT2D eigenvalue weighted by molar-refractivity contribution is 7.83. The highest BCUT2D eigenvalue weighted by Crippen LogP contribution is 2.22. The van der Waals surface area contributed by atoms with Gasteiger partial charge in [-0.25, -0.2) is 0 Å². The number of fused-ring (bicyclic) bond motifs is 1. The minimum Gasteiger partial charge on any atom is -0.350 e. The summed E-state index contributed by atoms with van der Waals surface area (Å²) in [5.41, 5.74) is 2.78. The van der Waals surface area contributed by atoms with E-state index in [2.05, 4.69) is 10.3 Å². The molecule has 0 unspecified atom stereocenters. The number of amides is 1. The van der Waals surface area contributed by atoms with Gasteiger partial charge in [0.25, 0.3) is 5.91 Å². The monoisotopic (exact) mass is 346 g/mol. The average molecular weight is 347 g/mol. The molecule has 6 heteroatoms. The number of halogens is 1. The van der Waals surface area contributed by atoms with Crippen LogP contribution in [0.5, 0.6) is 0 Å². The first-order chi connectivity index (χ1) is 11.0. The highest BCUT2D eigenvalue weighted by Gasteiger charge is 2.12. The first kappa shape index (κ1) is 15.8. The summed E-state index contributed by atoms with van der Waals surface area (Å²) < 4.78 is 11.5. The van der Waals surface area contributed by atoms with Crippen LogP contribution in [-0.4, -0.2) is 21.4 Å². The molecule has 2 aromatic carbocycles. The van der Waals surface area contributed by atoms with Crippen molar-refractivity contribution in [3.05, 3.63) is 64.8 Å². The molecule has 3 aromatic rings. The van der Waals surface area contributed by atoms with E-state index >= 15 is 0 Å². The summed E-state index contributed by atoms with van der Waals surface area (Å²) in [6, 6.07) is 14.6. The lowest BCUT2D eigenvalue weighted by molar-refractivity contribution is 0.102. The Kier molecular flexibility index (Phi) is 4.50. The third-order valence-electron chi connectivity index (χ3n) is 3.45. The zero-order valence-electron chi connectivity index (χ0n) is 12.4. The number of H-pyrrole nitrogens is 1. The minimum atomic E-state index is -0.975. The molecule has 0 radical (unpaired) electrons. The molecule has 0 spiro atoms. The second kappa shape index (κ2) is 6.56. The molecule has 1 amide bonds. The normalized spacial score (nSPS) is 12.3. The Hall–Kier alpha value is -2.11. The Bertz CT molecular complexity index is 904. The van der Waals surface area contributed by atoms with Crippen molar-refractivity contribution < 1.29 is 9.00 Å². The van der Waals surface area contributed by atoms with E-state index in [1.54, 1.807) is 30.5 Å². The van der Waals surface area contributed by atoms with Crippen LogP contribution in [0.4, 0.5) is 5.69 Å². The van der Waals surface area contributed by atoms with E-state index in [1.165, 1.54) is 0 Å². The molecule has 0 aliphatic carbocycles. The van der Waals surface area contributed by atoms with Gasteiger partial charge in [0, 0.05) is 38.7 Å². The van der Waals surface area contributed by atoms with Gasteiger partial charge in [-0.05, 0) is 29.8 Å².